The van der Waals surface area contributed by atoms with Crippen molar-refractivity contribution in [2.75, 3.05) is 0 Å². The molecule has 1 fully saturated rings. The fourth-order valence-corrected chi connectivity index (χ4v) is 3.04. The minimum Gasteiger partial charge on any atom is -0.490 e. The summed E-state index contributed by atoms with van der Waals surface area (Å²) in [6.07, 6.45) is 6.83. The highest BCUT2D eigenvalue weighted by atomic mass is 16.5. The van der Waals surface area contributed by atoms with Gasteiger partial charge in [-0.2, -0.15) is 0 Å². The highest BCUT2D eigenvalue weighted by molar-refractivity contribution is 5.35. The van der Waals surface area contributed by atoms with Crippen molar-refractivity contribution in [3.05, 3.63) is 29.8 Å². The van der Waals surface area contributed by atoms with Crippen LogP contribution in [-0.2, 0) is 0 Å². The second-order valence-electron chi connectivity index (χ2n) is 5.57. The molecule has 2 nitrogen and oxygen atoms in total. The first-order valence-electron chi connectivity index (χ1n) is 7.69. The Balaban J connectivity index is 2.13. The van der Waals surface area contributed by atoms with E-state index in [-0.39, 0.29) is 0 Å². The smallest absolute Gasteiger partial charge is 0.125 e. The molecule has 1 aliphatic carbocycles. The van der Waals surface area contributed by atoms with E-state index >= 15 is 0 Å². The number of hydrogen-bond acceptors (Lipinski definition) is 2. The van der Waals surface area contributed by atoms with Gasteiger partial charge in [0, 0.05) is 5.56 Å². The SMILES string of the molecule is CCC1CCCCC1Oc1ccccc1[C@H](O)CC. The van der Waals surface area contributed by atoms with Crippen LogP contribution in [0.5, 0.6) is 5.75 Å². The van der Waals surface area contributed by atoms with Crippen molar-refractivity contribution in [3.8, 4) is 5.75 Å². The number of para-hydroxylation sites is 1. The molecule has 19 heavy (non-hydrogen) atoms. The number of rotatable bonds is 5. The molecule has 1 aliphatic rings. The van der Waals surface area contributed by atoms with Crippen LogP contribution in [0.3, 0.4) is 0 Å². The first kappa shape index (κ1) is 14.4. The second kappa shape index (κ2) is 6.95. The zero-order valence-corrected chi connectivity index (χ0v) is 12.1. The van der Waals surface area contributed by atoms with Gasteiger partial charge in [-0.15, -0.1) is 0 Å². The summed E-state index contributed by atoms with van der Waals surface area (Å²) in [6.45, 7) is 4.25. The first-order chi connectivity index (χ1) is 9.26. The number of aliphatic hydroxyl groups is 1. The van der Waals surface area contributed by atoms with Crippen molar-refractivity contribution in [1.29, 1.82) is 0 Å². The normalized spacial score (nSPS) is 25.0. The predicted molar refractivity (Wildman–Crippen MR) is 78.4 cm³/mol. The van der Waals surface area contributed by atoms with Gasteiger partial charge in [-0.25, -0.2) is 0 Å². The molecule has 0 heterocycles. The summed E-state index contributed by atoms with van der Waals surface area (Å²) in [4.78, 5) is 0. The van der Waals surface area contributed by atoms with Crippen molar-refractivity contribution >= 4 is 0 Å². The molecule has 1 aromatic carbocycles. The van der Waals surface area contributed by atoms with Gasteiger partial charge >= 0.3 is 0 Å². The zero-order chi connectivity index (χ0) is 13.7. The van der Waals surface area contributed by atoms with E-state index in [0.29, 0.717) is 12.0 Å². The monoisotopic (exact) mass is 262 g/mol. The lowest BCUT2D eigenvalue weighted by Crippen LogP contribution is -2.30. The van der Waals surface area contributed by atoms with Gasteiger partial charge < -0.3 is 9.84 Å². The van der Waals surface area contributed by atoms with E-state index in [1.807, 2.05) is 31.2 Å². The molecule has 1 N–H and O–H groups in total. The fraction of sp³-hybridized carbons (Fsp3) is 0.647. The van der Waals surface area contributed by atoms with Gasteiger partial charge in [-0.1, -0.05) is 38.5 Å². The maximum absolute atomic E-state index is 10.1. The highest BCUT2D eigenvalue weighted by Gasteiger charge is 2.26. The van der Waals surface area contributed by atoms with Crippen LogP contribution in [0.15, 0.2) is 24.3 Å². The standard InChI is InChI=1S/C17H26O2/c1-3-13-9-5-7-11-16(13)19-17-12-8-6-10-14(17)15(18)4-2/h6,8,10,12-13,15-16,18H,3-5,7,9,11H2,1-2H3/t13?,15-,16?/m1/s1. The molecule has 106 valence electrons. The summed E-state index contributed by atoms with van der Waals surface area (Å²) in [5.74, 6) is 1.54. The lowest BCUT2D eigenvalue weighted by atomic mass is 9.84. The molecule has 0 aliphatic heterocycles. The summed E-state index contributed by atoms with van der Waals surface area (Å²) >= 11 is 0. The quantitative estimate of drug-likeness (QED) is 0.848. The molecule has 0 bridgehead atoms. The molecule has 3 atom stereocenters. The Hall–Kier alpha value is -1.02. The van der Waals surface area contributed by atoms with Crippen LogP contribution in [0.4, 0.5) is 0 Å². The molecule has 0 amide bonds. The molecular formula is C17H26O2. The van der Waals surface area contributed by atoms with E-state index in [2.05, 4.69) is 6.92 Å². The molecule has 1 saturated carbocycles. The second-order valence-corrected chi connectivity index (χ2v) is 5.57. The van der Waals surface area contributed by atoms with Gasteiger partial charge in [0.1, 0.15) is 11.9 Å². The molecule has 0 aromatic heterocycles. The van der Waals surface area contributed by atoms with Crippen LogP contribution in [0.1, 0.15) is 64.0 Å². The van der Waals surface area contributed by atoms with Crippen LogP contribution in [0.2, 0.25) is 0 Å². The van der Waals surface area contributed by atoms with E-state index in [4.69, 9.17) is 4.74 Å². The molecule has 2 heteroatoms. The lowest BCUT2D eigenvalue weighted by molar-refractivity contribution is 0.0841. The third kappa shape index (κ3) is 3.50. The Morgan fingerprint density at radius 2 is 1.95 bits per heavy atom. The van der Waals surface area contributed by atoms with Crippen LogP contribution in [0, 0.1) is 5.92 Å². The minimum absolute atomic E-state index is 0.323. The number of ether oxygens (including phenoxy) is 1. The van der Waals surface area contributed by atoms with Gasteiger partial charge in [0.15, 0.2) is 0 Å². The van der Waals surface area contributed by atoms with Crippen LogP contribution in [-0.4, -0.2) is 11.2 Å². The third-order valence-corrected chi connectivity index (χ3v) is 4.31. The third-order valence-electron chi connectivity index (χ3n) is 4.31. The average molecular weight is 262 g/mol. The van der Waals surface area contributed by atoms with Crippen LogP contribution < -0.4 is 4.74 Å². The molecule has 2 rings (SSSR count). The Labute approximate surface area is 116 Å². The Morgan fingerprint density at radius 3 is 2.68 bits per heavy atom. The zero-order valence-electron chi connectivity index (χ0n) is 12.1. The van der Waals surface area contributed by atoms with Crippen molar-refractivity contribution in [2.45, 2.75) is 64.6 Å². The van der Waals surface area contributed by atoms with Crippen molar-refractivity contribution in [1.82, 2.24) is 0 Å². The number of aliphatic hydroxyl groups excluding tert-OH is 1. The molecule has 0 saturated heterocycles. The first-order valence-corrected chi connectivity index (χ1v) is 7.69. The summed E-state index contributed by atoms with van der Waals surface area (Å²) < 4.78 is 6.25. The molecular weight excluding hydrogens is 236 g/mol. The van der Waals surface area contributed by atoms with E-state index in [9.17, 15) is 5.11 Å². The predicted octanol–water partition coefficient (Wildman–Crippen LogP) is 4.48. The van der Waals surface area contributed by atoms with Crippen LogP contribution in [0.25, 0.3) is 0 Å². The summed E-state index contributed by atoms with van der Waals surface area (Å²) in [6, 6.07) is 7.94. The van der Waals surface area contributed by atoms with Crippen molar-refractivity contribution in [2.24, 2.45) is 5.92 Å². The summed E-state index contributed by atoms with van der Waals surface area (Å²) in [5, 5.41) is 10.1. The summed E-state index contributed by atoms with van der Waals surface area (Å²) in [5.41, 5.74) is 0.936. The lowest BCUT2D eigenvalue weighted by Gasteiger charge is -2.32. The van der Waals surface area contributed by atoms with Crippen molar-refractivity contribution < 1.29 is 9.84 Å². The Bertz CT molecular complexity index is 389. The van der Waals surface area contributed by atoms with Gasteiger partial charge in [0.2, 0.25) is 0 Å². The van der Waals surface area contributed by atoms with Gasteiger partial charge in [-0.05, 0) is 44.1 Å². The molecule has 1 aromatic rings. The van der Waals surface area contributed by atoms with Gasteiger partial charge in [0.05, 0.1) is 6.10 Å². The van der Waals surface area contributed by atoms with Crippen LogP contribution >= 0.6 is 0 Å². The maximum atomic E-state index is 10.1. The number of hydrogen-bond donors (Lipinski definition) is 1. The Kier molecular flexibility index (Phi) is 5.26. The fourth-order valence-electron chi connectivity index (χ4n) is 3.04. The average Bonchev–Trinajstić information content (AvgIpc) is 2.47. The minimum atomic E-state index is -0.417. The molecule has 2 unspecified atom stereocenters. The molecule has 0 radical (unpaired) electrons. The number of benzene rings is 1. The van der Waals surface area contributed by atoms with E-state index < -0.39 is 6.10 Å². The van der Waals surface area contributed by atoms with Gasteiger partial charge in [-0.3, -0.25) is 0 Å². The Morgan fingerprint density at radius 1 is 1.21 bits per heavy atom. The van der Waals surface area contributed by atoms with E-state index in [0.717, 1.165) is 24.2 Å². The van der Waals surface area contributed by atoms with E-state index in [1.165, 1.54) is 25.7 Å². The molecule has 0 spiro atoms. The summed E-state index contributed by atoms with van der Waals surface area (Å²) in [7, 11) is 0. The van der Waals surface area contributed by atoms with E-state index in [1.54, 1.807) is 0 Å². The topological polar surface area (TPSA) is 29.5 Å². The largest absolute Gasteiger partial charge is 0.490 e. The maximum Gasteiger partial charge on any atom is 0.125 e. The highest BCUT2D eigenvalue weighted by Crippen LogP contribution is 2.33. The van der Waals surface area contributed by atoms with Crippen molar-refractivity contribution in [3.63, 3.8) is 0 Å². The van der Waals surface area contributed by atoms with Gasteiger partial charge in [0.25, 0.3) is 0 Å².